The topological polar surface area (TPSA) is 105 Å². The van der Waals surface area contributed by atoms with Gasteiger partial charge in [0.05, 0.1) is 25.0 Å². The maximum atomic E-state index is 13.7. The molecule has 1 aliphatic rings. The average molecular weight is 633 g/mol. The number of ether oxygens (including phenoxy) is 4. The third-order valence-electron chi connectivity index (χ3n) is 6.90. The number of benzene rings is 2. The minimum atomic E-state index is -3.11. The molecule has 9 nitrogen and oxygen atoms in total. The predicted octanol–water partition coefficient (Wildman–Crippen LogP) is 6.87. The number of aromatic nitrogens is 1. The third-order valence-corrected chi connectivity index (χ3v) is 7.13. The Bertz CT molecular complexity index is 1530. The number of pyridine rings is 1. The molecular weight excluding hydrogens is 598 g/mol. The van der Waals surface area contributed by atoms with Crippen molar-refractivity contribution in [1.29, 1.82) is 0 Å². The van der Waals surface area contributed by atoms with E-state index in [9.17, 15) is 23.2 Å². The lowest BCUT2D eigenvalue weighted by Crippen LogP contribution is -2.36. The summed E-state index contributed by atoms with van der Waals surface area (Å²) in [7, 11) is 1.36. The molecule has 0 bridgehead atoms. The van der Waals surface area contributed by atoms with E-state index in [4.69, 9.17) is 25.8 Å². The van der Waals surface area contributed by atoms with Crippen LogP contribution in [-0.2, 0) is 14.3 Å². The first-order valence-electron chi connectivity index (χ1n) is 14.2. The molecule has 0 spiro atoms. The first kappa shape index (κ1) is 32.9. The summed E-state index contributed by atoms with van der Waals surface area (Å²) in [6.07, 6.45) is 3.83. The van der Waals surface area contributed by atoms with Crippen molar-refractivity contribution in [2.24, 2.45) is 0 Å². The molecule has 236 valence electrons. The molecule has 2 heterocycles. The SMILES string of the molecule is COc1cn(C(CC2CCCCO2)C(=O)Nc2ccc(C(=O)OC(C)(C)C)cc2)c(=O)cc1-c1cc(Cl)ccc1OC(F)F. The smallest absolute Gasteiger partial charge is 0.387 e. The summed E-state index contributed by atoms with van der Waals surface area (Å²) in [5.74, 6) is -1.05. The van der Waals surface area contributed by atoms with Crippen LogP contribution in [-0.4, -0.2) is 48.5 Å². The molecule has 1 fully saturated rings. The van der Waals surface area contributed by atoms with Crippen molar-refractivity contribution in [1.82, 2.24) is 4.57 Å². The van der Waals surface area contributed by atoms with Crippen LogP contribution in [0.2, 0.25) is 5.02 Å². The molecule has 2 aromatic carbocycles. The Labute approximate surface area is 259 Å². The summed E-state index contributed by atoms with van der Waals surface area (Å²) in [6.45, 7) is 2.74. The molecular formula is C32H35ClF2N2O7. The zero-order valence-electron chi connectivity index (χ0n) is 24.9. The van der Waals surface area contributed by atoms with Gasteiger partial charge >= 0.3 is 12.6 Å². The summed E-state index contributed by atoms with van der Waals surface area (Å²) in [5, 5.41) is 3.06. The molecule has 2 atom stereocenters. The summed E-state index contributed by atoms with van der Waals surface area (Å²) in [4.78, 5) is 39.7. The molecule has 1 N–H and O–H groups in total. The van der Waals surface area contributed by atoms with Gasteiger partial charge in [0.1, 0.15) is 23.1 Å². The van der Waals surface area contributed by atoms with Crippen LogP contribution in [0.25, 0.3) is 11.1 Å². The number of carbonyl (C=O) groups excluding carboxylic acids is 2. The molecule has 1 aromatic heterocycles. The van der Waals surface area contributed by atoms with Crippen molar-refractivity contribution in [3.8, 4) is 22.6 Å². The van der Waals surface area contributed by atoms with Crippen LogP contribution in [0.3, 0.4) is 0 Å². The van der Waals surface area contributed by atoms with Gasteiger partial charge in [0.25, 0.3) is 5.56 Å². The number of rotatable bonds is 10. The minimum Gasteiger partial charge on any atom is -0.495 e. The van der Waals surface area contributed by atoms with Crippen LogP contribution < -0.4 is 20.3 Å². The van der Waals surface area contributed by atoms with E-state index >= 15 is 0 Å². The normalized spacial score (nSPS) is 15.9. The highest BCUT2D eigenvalue weighted by Gasteiger charge is 2.29. The van der Waals surface area contributed by atoms with Crippen LogP contribution in [0.4, 0.5) is 14.5 Å². The Morgan fingerprint density at radius 2 is 1.77 bits per heavy atom. The summed E-state index contributed by atoms with van der Waals surface area (Å²) >= 11 is 6.14. The first-order chi connectivity index (χ1) is 20.8. The van der Waals surface area contributed by atoms with Gasteiger partial charge in [0, 0.05) is 40.9 Å². The highest BCUT2D eigenvalue weighted by molar-refractivity contribution is 6.31. The van der Waals surface area contributed by atoms with E-state index in [1.807, 2.05) is 0 Å². The van der Waals surface area contributed by atoms with Gasteiger partial charge in [0.2, 0.25) is 5.91 Å². The second-order valence-corrected chi connectivity index (χ2v) is 11.8. The van der Waals surface area contributed by atoms with Gasteiger partial charge in [-0.25, -0.2) is 4.79 Å². The van der Waals surface area contributed by atoms with Crippen LogP contribution in [0.5, 0.6) is 11.5 Å². The number of methoxy groups -OCH3 is 1. The molecule has 4 rings (SSSR count). The van der Waals surface area contributed by atoms with Gasteiger partial charge in [-0.05, 0) is 82.5 Å². The number of nitrogens with zero attached hydrogens (tertiary/aromatic N) is 1. The van der Waals surface area contributed by atoms with Crippen molar-refractivity contribution >= 4 is 29.2 Å². The highest BCUT2D eigenvalue weighted by atomic mass is 35.5. The minimum absolute atomic E-state index is 0.126. The fourth-order valence-corrected chi connectivity index (χ4v) is 5.07. The number of hydrogen-bond acceptors (Lipinski definition) is 7. The van der Waals surface area contributed by atoms with Crippen molar-refractivity contribution < 1.29 is 37.3 Å². The molecule has 12 heteroatoms. The number of hydrogen-bond donors (Lipinski definition) is 1. The van der Waals surface area contributed by atoms with Crippen LogP contribution in [0.15, 0.2) is 59.5 Å². The maximum Gasteiger partial charge on any atom is 0.387 e. The van der Waals surface area contributed by atoms with E-state index in [-0.39, 0.29) is 40.2 Å². The van der Waals surface area contributed by atoms with Gasteiger partial charge in [-0.3, -0.25) is 14.2 Å². The monoisotopic (exact) mass is 632 g/mol. The van der Waals surface area contributed by atoms with Crippen LogP contribution >= 0.6 is 11.6 Å². The molecule has 3 aromatic rings. The maximum absolute atomic E-state index is 13.7. The Balaban J connectivity index is 1.68. The van der Waals surface area contributed by atoms with Gasteiger partial charge < -0.3 is 24.3 Å². The Morgan fingerprint density at radius 3 is 2.39 bits per heavy atom. The van der Waals surface area contributed by atoms with Crippen LogP contribution in [0, 0.1) is 0 Å². The fourth-order valence-electron chi connectivity index (χ4n) is 4.90. The predicted molar refractivity (Wildman–Crippen MR) is 162 cm³/mol. The molecule has 44 heavy (non-hydrogen) atoms. The second kappa shape index (κ2) is 14.2. The van der Waals surface area contributed by atoms with E-state index in [0.717, 1.165) is 19.3 Å². The van der Waals surface area contributed by atoms with Crippen LogP contribution in [0.1, 0.15) is 62.9 Å². The Hall–Kier alpha value is -3.96. The lowest BCUT2D eigenvalue weighted by Gasteiger charge is -2.28. The van der Waals surface area contributed by atoms with E-state index < -0.39 is 35.7 Å². The van der Waals surface area contributed by atoms with E-state index in [1.165, 1.54) is 54.3 Å². The number of carbonyl (C=O) groups is 2. The largest absolute Gasteiger partial charge is 0.495 e. The van der Waals surface area contributed by atoms with Gasteiger partial charge in [-0.1, -0.05) is 11.6 Å². The molecule has 1 saturated heterocycles. The summed E-state index contributed by atoms with van der Waals surface area (Å²) in [5.41, 5.74) is -0.232. The molecule has 0 aliphatic carbocycles. The number of anilines is 1. The lowest BCUT2D eigenvalue weighted by atomic mass is 10.00. The van der Waals surface area contributed by atoms with E-state index in [1.54, 1.807) is 32.9 Å². The van der Waals surface area contributed by atoms with Gasteiger partial charge in [-0.2, -0.15) is 8.78 Å². The lowest BCUT2D eigenvalue weighted by molar-refractivity contribution is -0.121. The van der Waals surface area contributed by atoms with Crippen molar-refractivity contribution in [3.05, 3.63) is 75.7 Å². The zero-order chi connectivity index (χ0) is 32.0. The van der Waals surface area contributed by atoms with E-state index in [0.29, 0.717) is 17.9 Å². The summed E-state index contributed by atoms with van der Waals surface area (Å²) < 4.78 is 49.0. The number of amides is 1. The number of esters is 1. The Morgan fingerprint density at radius 1 is 1.07 bits per heavy atom. The zero-order valence-corrected chi connectivity index (χ0v) is 25.7. The van der Waals surface area contributed by atoms with Crippen molar-refractivity contribution in [3.63, 3.8) is 0 Å². The summed E-state index contributed by atoms with van der Waals surface area (Å²) in [6, 6.07) is 10.5. The quantitative estimate of drug-likeness (QED) is 0.243. The molecule has 2 unspecified atom stereocenters. The molecule has 1 amide bonds. The standard InChI is InChI=1S/C32H35ClF2N2O7/c1-32(2,3)44-30(40)19-8-11-21(12-9-19)36-29(39)25(16-22-7-5-6-14-42-22)37-18-27(41-4)24(17-28(37)38)23-15-20(33)10-13-26(23)43-31(34)35/h8-13,15,17-18,22,25,31H,5-7,14,16H2,1-4H3,(H,36,39). The highest BCUT2D eigenvalue weighted by Crippen LogP contribution is 2.38. The number of nitrogens with one attached hydrogen (secondary N) is 1. The molecule has 1 aliphatic heterocycles. The van der Waals surface area contributed by atoms with Gasteiger partial charge in [0.15, 0.2) is 0 Å². The average Bonchev–Trinajstić information content (AvgIpc) is 2.96. The first-order valence-corrected chi connectivity index (χ1v) is 14.5. The van der Waals surface area contributed by atoms with Gasteiger partial charge in [-0.15, -0.1) is 0 Å². The van der Waals surface area contributed by atoms with Crippen molar-refractivity contribution in [2.45, 2.75) is 70.8 Å². The fraction of sp³-hybridized carbons (Fsp3) is 0.406. The van der Waals surface area contributed by atoms with Crippen molar-refractivity contribution in [2.75, 3.05) is 19.0 Å². The molecule has 0 saturated carbocycles. The Kier molecular flexibility index (Phi) is 10.6. The second-order valence-electron chi connectivity index (χ2n) is 11.3. The number of alkyl halides is 2. The molecule has 0 radical (unpaired) electrons. The van der Waals surface area contributed by atoms with E-state index in [2.05, 4.69) is 10.1 Å². The third kappa shape index (κ3) is 8.57. The number of halogens is 3.